The number of rotatable bonds is 2. The lowest BCUT2D eigenvalue weighted by Crippen LogP contribution is -2.19. The van der Waals surface area contributed by atoms with Crippen LogP contribution >= 0.6 is 11.6 Å². The molecule has 0 atom stereocenters. The average molecular weight is 313 g/mol. The molecule has 110 valence electrons. The zero-order chi connectivity index (χ0) is 15.5. The Labute approximate surface area is 132 Å². The van der Waals surface area contributed by atoms with Gasteiger partial charge < -0.3 is 15.7 Å². The predicted octanol–water partition coefficient (Wildman–Crippen LogP) is 4.84. The number of urea groups is 1. The Hall–Kier alpha value is -2.72. The lowest BCUT2D eigenvalue weighted by Gasteiger charge is -2.10. The summed E-state index contributed by atoms with van der Waals surface area (Å²) < 4.78 is 0. The number of anilines is 2. The van der Waals surface area contributed by atoms with Gasteiger partial charge in [0.1, 0.15) is 5.75 Å². The van der Waals surface area contributed by atoms with Crippen LogP contribution in [0.1, 0.15) is 0 Å². The predicted molar refractivity (Wildman–Crippen MR) is 89.7 cm³/mol. The number of nitrogens with one attached hydrogen (secondary N) is 2. The first kappa shape index (κ1) is 14.2. The van der Waals surface area contributed by atoms with Crippen LogP contribution in [0.2, 0.25) is 5.02 Å². The number of amides is 2. The second-order valence-corrected chi connectivity index (χ2v) is 5.18. The van der Waals surface area contributed by atoms with E-state index in [0.717, 1.165) is 16.5 Å². The molecule has 3 aromatic rings. The van der Waals surface area contributed by atoms with Crippen LogP contribution in [0, 0.1) is 0 Å². The van der Waals surface area contributed by atoms with Gasteiger partial charge in [0, 0.05) is 11.1 Å². The molecule has 0 saturated heterocycles. The van der Waals surface area contributed by atoms with Gasteiger partial charge in [-0.25, -0.2) is 4.79 Å². The van der Waals surface area contributed by atoms with Gasteiger partial charge in [-0.1, -0.05) is 48.0 Å². The van der Waals surface area contributed by atoms with E-state index in [1.165, 1.54) is 12.1 Å². The lowest BCUT2D eigenvalue weighted by atomic mass is 10.1. The van der Waals surface area contributed by atoms with E-state index in [2.05, 4.69) is 10.6 Å². The highest BCUT2D eigenvalue weighted by molar-refractivity contribution is 6.32. The van der Waals surface area contributed by atoms with Crippen molar-refractivity contribution in [2.24, 2.45) is 0 Å². The Balaban J connectivity index is 1.80. The zero-order valence-corrected chi connectivity index (χ0v) is 12.3. The van der Waals surface area contributed by atoms with Crippen molar-refractivity contribution in [3.8, 4) is 5.75 Å². The lowest BCUT2D eigenvalue weighted by molar-refractivity contribution is 0.262. The summed E-state index contributed by atoms with van der Waals surface area (Å²) in [4.78, 5) is 12.1. The fourth-order valence-electron chi connectivity index (χ4n) is 2.20. The van der Waals surface area contributed by atoms with Gasteiger partial charge in [0.05, 0.1) is 10.7 Å². The quantitative estimate of drug-likeness (QED) is 0.593. The third-order valence-electron chi connectivity index (χ3n) is 3.24. The minimum Gasteiger partial charge on any atom is -0.506 e. The third-order valence-corrected chi connectivity index (χ3v) is 3.55. The van der Waals surface area contributed by atoms with E-state index in [-0.39, 0.29) is 16.8 Å². The van der Waals surface area contributed by atoms with Crippen LogP contribution < -0.4 is 10.6 Å². The summed E-state index contributed by atoms with van der Waals surface area (Å²) in [6, 6.07) is 17.6. The van der Waals surface area contributed by atoms with Crippen LogP contribution in [0.5, 0.6) is 5.75 Å². The van der Waals surface area contributed by atoms with Gasteiger partial charge in [-0.2, -0.15) is 0 Å². The first-order chi connectivity index (χ1) is 10.6. The Kier molecular flexibility index (Phi) is 3.85. The molecule has 0 bridgehead atoms. The number of phenolic OH excluding ortho intramolecular Hbond substituents is 1. The summed E-state index contributed by atoms with van der Waals surface area (Å²) in [5.41, 5.74) is 1.22. The van der Waals surface area contributed by atoms with Crippen molar-refractivity contribution in [1.29, 1.82) is 0 Å². The number of aromatic hydroxyl groups is 1. The number of phenols is 1. The molecule has 5 heteroatoms. The summed E-state index contributed by atoms with van der Waals surface area (Å²) in [5.74, 6) is -0.0262. The Morgan fingerprint density at radius 3 is 2.55 bits per heavy atom. The summed E-state index contributed by atoms with van der Waals surface area (Å²) in [7, 11) is 0. The number of halogens is 1. The van der Waals surface area contributed by atoms with Crippen molar-refractivity contribution in [1.82, 2.24) is 0 Å². The Morgan fingerprint density at radius 2 is 1.73 bits per heavy atom. The highest BCUT2D eigenvalue weighted by atomic mass is 35.5. The van der Waals surface area contributed by atoms with E-state index >= 15 is 0 Å². The molecule has 22 heavy (non-hydrogen) atoms. The highest BCUT2D eigenvalue weighted by Gasteiger charge is 2.07. The van der Waals surface area contributed by atoms with Crippen LogP contribution in [0.15, 0.2) is 60.7 Å². The summed E-state index contributed by atoms with van der Waals surface area (Å²) in [6.45, 7) is 0. The van der Waals surface area contributed by atoms with Gasteiger partial charge in [0.25, 0.3) is 0 Å². The molecular formula is C17H13ClN2O2. The molecule has 0 fully saturated rings. The molecule has 2 amide bonds. The van der Waals surface area contributed by atoms with Gasteiger partial charge in [0.2, 0.25) is 0 Å². The molecule has 3 N–H and O–H groups in total. The van der Waals surface area contributed by atoms with Gasteiger partial charge in [-0.05, 0) is 29.7 Å². The smallest absolute Gasteiger partial charge is 0.323 e. The third kappa shape index (κ3) is 2.97. The van der Waals surface area contributed by atoms with Crippen LogP contribution in [-0.4, -0.2) is 11.1 Å². The van der Waals surface area contributed by atoms with Crippen molar-refractivity contribution in [3.05, 3.63) is 65.7 Å². The molecule has 0 aliphatic carbocycles. The summed E-state index contributed by atoms with van der Waals surface area (Å²) >= 11 is 5.81. The van der Waals surface area contributed by atoms with E-state index in [0.29, 0.717) is 5.69 Å². The SMILES string of the molecule is O=C(Nc1ccc(O)c(Cl)c1)Nc1cccc2ccccc12. The molecule has 0 aliphatic heterocycles. The molecule has 0 aromatic heterocycles. The maximum Gasteiger partial charge on any atom is 0.323 e. The molecule has 0 saturated carbocycles. The molecular weight excluding hydrogens is 300 g/mol. The van der Waals surface area contributed by atoms with Crippen molar-refractivity contribution in [2.75, 3.05) is 10.6 Å². The Bertz CT molecular complexity index is 844. The van der Waals surface area contributed by atoms with E-state index in [9.17, 15) is 9.90 Å². The van der Waals surface area contributed by atoms with E-state index in [1.807, 2.05) is 42.5 Å². The van der Waals surface area contributed by atoms with Gasteiger partial charge >= 0.3 is 6.03 Å². The van der Waals surface area contributed by atoms with Crippen LogP contribution in [0.3, 0.4) is 0 Å². The summed E-state index contributed by atoms with van der Waals surface area (Å²) in [6.07, 6.45) is 0. The molecule has 0 spiro atoms. The number of fused-ring (bicyclic) bond motifs is 1. The van der Waals surface area contributed by atoms with E-state index < -0.39 is 0 Å². The van der Waals surface area contributed by atoms with Gasteiger partial charge in [-0.15, -0.1) is 0 Å². The topological polar surface area (TPSA) is 61.4 Å². The first-order valence-electron chi connectivity index (χ1n) is 6.68. The maximum absolute atomic E-state index is 12.1. The maximum atomic E-state index is 12.1. The van der Waals surface area contributed by atoms with E-state index in [1.54, 1.807) is 6.07 Å². The first-order valence-corrected chi connectivity index (χ1v) is 7.05. The molecule has 0 radical (unpaired) electrons. The molecule has 0 unspecified atom stereocenters. The number of hydrogen-bond donors (Lipinski definition) is 3. The van der Waals surface area contributed by atoms with Crippen molar-refractivity contribution in [2.45, 2.75) is 0 Å². The Morgan fingerprint density at radius 1 is 0.955 bits per heavy atom. The average Bonchev–Trinajstić information content (AvgIpc) is 2.51. The normalized spacial score (nSPS) is 10.4. The molecule has 3 rings (SSSR count). The number of benzene rings is 3. The number of hydrogen-bond acceptors (Lipinski definition) is 2. The standard InChI is InChI=1S/C17H13ClN2O2/c18-14-10-12(8-9-16(14)21)19-17(22)20-15-7-3-5-11-4-1-2-6-13(11)15/h1-10,21H,(H2,19,20,22). The minimum absolute atomic E-state index is 0.0262. The second-order valence-electron chi connectivity index (χ2n) is 4.77. The van der Waals surface area contributed by atoms with Gasteiger partial charge in [0.15, 0.2) is 0 Å². The van der Waals surface area contributed by atoms with E-state index in [4.69, 9.17) is 11.6 Å². The molecule has 4 nitrogen and oxygen atoms in total. The van der Waals surface area contributed by atoms with Crippen LogP contribution in [-0.2, 0) is 0 Å². The highest BCUT2D eigenvalue weighted by Crippen LogP contribution is 2.27. The second kappa shape index (κ2) is 5.95. The molecule has 0 heterocycles. The van der Waals surface area contributed by atoms with Crippen molar-refractivity contribution in [3.63, 3.8) is 0 Å². The van der Waals surface area contributed by atoms with Crippen LogP contribution in [0.25, 0.3) is 10.8 Å². The van der Waals surface area contributed by atoms with Crippen LogP contribution in [0.4, 0.5) is 16.2 Å². The fraction of sp³-hybridized carbons (Fsp3) is 0. The molecule has 3 aromatic carbocycles. The van der Waals surface area contributed by atoms with Gasteiger partial charge in [-0.3, -0.25) is 0 Å². The fourth-order valence-corrected chi connectivity index (χ4v) is 2.38. The monoisotopic (exact) mass is 312 g/mol. The molecule has 0 aliphatic rings. The minimum atomic E-state index is -0.377. The number of carbonyl (C=O) groups excluding carboxylic acids is 1. The van der Waals surface area contributed by atoms with Crippen molar-refractivity contribution >= 4 is 39.8 Å². The largest absolute Gasteiger partial charge is 0.506 e. The zero-order valence-electron chi connectivity index (χ0n) is 11.5. The number of carbonyl (C=O) groups is 1. The van der Waals surface area contributed by atoms with Crippen molar-refractivity contribution < 1.29 is 9.90 Å². The summed E-state index contributed by atoms with van der Waals surface area (Å²) in [5, 5.41) is 17.1.